The lowest BCUT2D eigenvalue weighted by Gasteiger charge is -2.37. The summed E-state index contributed by atoms with van der Waals surface area (Å²) in [6, 6.07) is 2.97. The molecule has 0 bridgehead atoms. The Hall–Kier alpha value is -2.74. The van der Waals surface area contributed by atoms with Crippen LogP contribution in [0.2, 0.25) is 0 Å². The Morgan fingerprint density at radius 1 is 0.978 bits per heavy atom. The predicted molar refractivity (Wildman–Crippen MR) is 173 cm³/mol. The standard InChI is InChI=1S/C32H46F2N8O2S/c1-21(2)42-22(3)37-31-27(33)18-24(19-29(31)42)30-28(34)20-36-32(39-30)38-25-7-16-41(17-8-25)45(43,44)26-9-14-40(15-10-26)13-6-23-4-11-35-12-5-23/h18-21,23,25-26,35H,4-17H2,1-3H3,(H,36,38,39). The van der Waals surface area contributed by atoms with Crippen molar-refractivity contribution in [1.29, 1.82) is 0 Å². The van der Waals surface area contributed by atoms with Gasteiger partial charge in [0, 0.05) is 30.7 Å². The van der Waals surface area contributed by atoms with Crippen molar-refractivity contribution in [2.45, 2.75) is 83.1 Å². The lowest BCUT2D eigenvalue weighted by Crippen LogP contribution is -2.49. The monoisotopic (exact) mass is 644 g/mol. The fourth-order valence-corrected chi connectivity index (χ4v) is 9.26. The first-order valence-corrected chi connectivity index (χ1v) is 18.0. The molecule has 45 heavy (non-hydrogen) atoms. The van der Waals surface area contributed by atoms with Crippen LogP contribution in [-0.2, 0) is 10.0 Å². The molecule has 2 aromatic heterocycles. The van der Waals surface area contributed by atoms with E-state index in [0.29, 0.717) is 55.7 Å². The molecule has 0 aliphatic carbocycles. The smallest absolute Gasteiger partial charge is 0.223 e. The summed E-state index contributed by atoms with van der Waals surface area (Å²) in [4.78, 5) is 15.4. The van der Waals surface area contributed by atoms with Crippen molar-refractivity contribution in [1.82, 2.24) is 34.0 Å². The fraction of sp³-hybridized carbons (Fsp3) is 0.656. The minimum absolute atomic E-state index is 0.00423. The number of anilines is 1. The Morgan fingerprint density at radius 2 is 1.69 bits per heavy atom. The SMILES string of the molecule is Cc1nc2c(F)cc(-c3nc(NC4CCN(S(=O)(=O)C5CCN(CCC6CCNCC6)CC5)CC4)ncc3F)cc2n1C(C)C. The minimum atomic E-state index is -3.37. The van der Waals surface area contributed by atoms with E-state index in [2.05, 4.69) is 30.5 Å². The fourth-order valence-electron chi connectivity index (χ4n) is 7.31. The van der Waals surface area contributed by atoms with Crippen molar-refractivity contribution in [3.05, 3.63) is 35.8 Å². The maximum Gasteiger partial charge on any atom is 0.223 e. The van der Waals surface area contributed by atoms with Gasteiger partial charge in [0.2, 0.25) is 16.0 Å². The Labute approximate surface area is 265 Å². The zero-order valence-electron chi connectivity index (χ0n) is 26.6. The summed E-state index contributed by atoms with van der Waals surface area (Å²) in [6.45, 7) is 11.6. The summed E-state index contributed by atoms with van der Waals surface area (Å²) in [7, 11) is -3.37. The molecule has 0 amide bonds. The van der Waals surface area contributed by atoms with Crippen LogP contribution < -0.4 is 10.6 Å². The van der Waals surface area contributed by atoms with E-state index in [4.69, 9.17) is 0 Å². The summed E-state index contributed by atoms with van der Waals surface area (Å²) in [5.74, 6) is 0.521. The average Bonchev–Trinajstić information content (AvgIpc) is 3.38. The van der Waals surface area contributed by atoms with Gasteiger partial charge in [-0.25, -0.2) is 36.5 Å². The Kier molecular flexibility index (Phi) is 9.70. The third kappa shape index (κ3) is 7.01. The van der Waals surface area contributed by atoms with E-state index in [-0.39, 0.29) is 34.5 Å². The van der Waals surface area contributed by atoms with Crippen LogP contribution in [0.5, 0.6) is 0 Å². The summed E-state index contributed by atoms with van der Waals surface area (Å²) >= 11 is 0. The molecule has 0 unspecified atom stereocenters. The van der Waals surface area contributed by atoms with Crippen LogP contribution in [0, 0.1) is 24.5 Å². The number of aryl methyl sites for hydroxylation is 1. The number of nitrogens with zero attached hydrogens (tertiary/aromatic N) is 6. The highest BCUT2D eigenvalue weighted by atomic mass is 32.2. The number of aromatic nitrogens is 4. The van der Waals surface area contributed by atoms with E-state index in [1.165, 1.54) is 25.3 Å². The molecule has 1 aromatic carbocycles. The minimum Gasteiger partial charge on any atom is -0.351 e. The number of sulfonamides is 1. The van der Waals surface area contributed by atoms with Crippen molar-refractivity contribution < 1.29 is 17.2 Å². The molecule has 5 heterocycles. The van der Waals surface area contributed by atoms with Gasteiger partial charge in [0.15, 0.2) is 11.6 Å². The van der Waals surface area contributed by atoms with Crippen LogP contribution in [-0.4, -0.2) is 94.2 Å². The molecule has 0 atom stereocenters. The maximum atomic E-state index is 15.1. The number of hydrogen-bond acceptors (Lipinski definition) is 8. The molecule has 0 radical (unpaired) electrons. The van der Waals surface area contributed by atoms with E-state index in [1.54, 1.807) is 10.4 Å². The van der Waals surface area contributed by atoms with Crippen LogP contribution in [0.25, 0.3) is 22.3 Å². The highest BCUT2D eigenvalue weighted by Gasteiger charge is 2.37. The van der Waals surface area contributed by atoms with Gasteiger partial charge in [-0.1, -0.05) is 0 Å². The molecule has 6 rings (SSSR count). The summed E-state index contributed by atoms with van der Waals surface area (Å²) < 4.78 is 60.6. The van der Waals surface area contributed by atoms with E-state index in [1.807, 2.05) is 25.3 Å². The molecular formula is C32H46F2N8O2S. The van der Waals surface area contributed by atoms with Crippen LogP contribution in [0.1, 0.15) is 70.7 Å². The highest BCUT2D eigenvalue weighted by molar-refractivity contribution is 7.89. The summed E-state index contributed by atoms with van der Waals surface area (Å²) in [5, 5.41) is 6.36. The largest absolute Gasteiger partial charge is 0.351 e. The average molecular weight is 645 g/mol. The van der Waals surface area contributed by atoms with Crippen LogP contribution in [0.4, 0.5) is 14.7 Å². The number of nitrogens with one attached hydrogen (secondary N) is 2. The van der Waals surface area contributed by atoms with Gasteiger partial charge < -0.3 is 20.1 Å². The lowest BCUT2D eigenvalue weighted by atomic mass is 9.94. The Morgan fingerprint density at radius 3 is 2.38 bits per heavy atom. The second-order valence-corrected chi connectivity index (χ2v) is 15.4. The van der Waals surface area contributed by atoms with Gasteiger partial charge in [-0.15, -0.1) is 0 Å². The molecule has 13 heteroatoms. The molecule has 10 nitrogen and oxygen atoms in total. The van der Waals surface area contributed by atoms with Crippen molar-refractivity contribution in [2.75, 3.05) is 51.1 Å². The predicted octanol–water partition coefficient (Wildman–Crippen LogP) is 4.72. The van der Waals surface area contributed by atoms with Gasteiger partial charge in [0.25, 0.3) is 0 Å². The molecule has 0 spiro atoms. The Balaban J connectivity index is 1.05. The molecule has 3 saturated heterocycles. The second-order valence-electron chi connectivity index (χ2n) is 13.2. The molecule has 246 valence electrons. The second kappa shape index (κ2) is 13.5. The van der Waals surface area contributed by atoms with Crippen molar-refractivity contribution in [3.63, 3.8) is 0 Å². The van der Waals surface area contributed by atoms with Gasteiger partial charge in [0.1, 0.15) is 17.0 Å². The maximum absolute atomic E-state index is 15.1. The molecule has 3 aliphatic rings. The number of hydrogen-bond donors (Lipinski definition) is 2. The van der Waals surface area contributed by atoms with Crippen molar-refractivity contribution in [3.8, 4) is 11.3 Å². The van der Waals surface area contributed by atoms with Gasteiger partial charge in [-0.05, 0) is 116 Å². The number of rotatable bonds is 9. The molecule has 3 fully saturated rings. The first-order chi connectivity index (χ1) is 21.6. The number of benzene rings is 1. The number of halogens is 2. The molecule has 3 aliphatic heterocycles. The third-order valence-corrected chi connectivity index (χ3v) is 12.3. The summed E-state index contributed by atoms with van der Waals surface area (Å²) in [5.41, 5.74) is 1.15. The zero-order chi connectivity index (χ0) is 31.7. The third-order valence-electron chi connectivity index (χ3n) is 9.87. The quantitative estimate of drug-likeness (QED) is 0.345. The van der Waals surface area contributed by atoms with Crippen LogP contribution >= 0.6 is 0 Å². The van der Waals surface area contributed by atoms with E-state index >= 15 is 4.39 Å². The van der Waals surface area contributed by atoms with Crippen LogP contribution in [0.3, 0.4) is 0 Å². The number of fused-ring (bicyclic) bond motifs is 1. The number of likely N-dealkylation sites (tertiary alicyclic amines) is 1. The van der Waals surface area contributed by atoms with Crippen molar-refractivity contribution in [2.24, 2.45) is 5.92 Å². The molecule has 2 N–H and O–H groups in total. The summed E-state index contributed by atoms with van der Waals surface area (Å²) in [6.07, 6.45) is 7.34. The van der Waals surface area contributed by atoms with Gasteiger partial charge in [-0.3, -0.25) is 0 Å². The topological polar surface area (TPSA) is 108 Å². The molecule has 3 aromatic rings. The normalized spacial score (nSPS) is 20.4. The van der Waals surface area contributed by atoms with E-state index in [9.17, 15) is 12.8 Å². The number of imidazole rings is 1. The molecule has 0 saturated carbocycles. The molecular weight excluding hydrogens is 598 g/mol. The van der Waals surface area contributed by atoms with Gasteiger partial charge in [0.05, 0.1) is 17.0 Å². The highest BCUT2D eigenvalue weighted by Crippen LogP contribution is 2.31. The van der Waals surface area contributed by atoms with E-state index in [0.717, 1.165) is 44.8 Å². The first kappa shape index (κ1) is 32.2. The lowest BCUT2D eigenvalue weighted by molar-refractivity contribution is 0.201. The van der Waals surface area contributed by atoms with Gasteiger partial charge in [-0.2, -0.15) is 0 Å². The number of piperidine rings is 3. The van der Waals surface area contributed by atoms with E-state index < -0.39 is 21.7 Å². The zero-order valence-corrected chi connectivity index (χ0v) is 27.4. The van der Waals surface area contributed by atoms with Crippen molar-refractivity contribution >= 4 is 27.0 Å². The van der Waals surface area contributed by atoms with Gasteiger partial charge >= 0.3 is 0 Å². The first-order valence-electron chi connectivity index (χ1n) is 16.5. The Bertz CT molecular complexity index is 1590. The van der Waals surface area contributed by atoms with Crippen LogP contribution in [0.15, 0.2) is 18.3 Å².